The number of halogens is 3. The van der Waals surface area contributed by atoms with Crippen molar-refractivity contribution in [3.8, 4) is 5.75 Å². The van der Waals surface area contributed by atoms with Crippen molar-refractivity contribution in [2.24, 2.45) is 0 Å². The van der Waals surface area contributed by atoms with Crippen LogP contribution in [0.5, 0.6) is 5.75 Å². The van der Waals surface area contributed by atoms with Gasteiger partial charge in [-0.3, -0.25) is 9.40 Å². The normalized spacial score (nSPS) is 12.0. The molecule has 0 fully saturated rings. The average molecular weight is 425 g/mol. The summed E-state index contributed by atoms with van der Waals surface area (Å²) in [5, 5.41) is 4.36. The van der Waals surface area contributed by atoms with Crippen molar-refractivity contribution in [2.75, 3.05) is 4.72 Å². The molecule has 29 heavy (non-hydrogen) atoms. The smallest absolute Gasteiger partial charge is 0.404 e. The van der Waals surface area contributed by atoms with E-state index in [1.165, 1.54) is 18.2 Å². The van der Waals surface area contributed by atoms with Crippen LogP contribution in [-0.4, -0.2) is 24.6 Å². The number of nitrogens with zero attached hydrogens (tertiary/aromatic N) is 2. The summed E-state index contributed by atoms with van der Waals surface area (Å²) >= 11 is 0. The van der Waals surface area contributed by atoms with Crippen molar-refractivity contribution >= 4 is 15.7 Å². The molecule has 1 N–H and O–H groups in total. The summed E-state index contributed by atoms with van der Waals surface area (Å²) in [5.74, 6) is -0.800. The Morgan fingerprint density at radius 3 is 2.45 bits per heavy atom. The molecular formula is C19H18F3N3O3S. The first-order valence-corrected chi connectivity index (χ1v) is 9.99. The molecule has 2 aromatic carbocycles. The van der Waals surface area contributed by atoms with Gasteiger partial charge in [-0.15, -0.1) is 13.2 Å². The van der Waals surface area contributed by atoms with Gasteiger partial charge in [-0.05, 0) is 49.7 Å². The van der Waals surface area contributed by atoms with E-state index < -0.39 is 27.0 Å². The lowest BCUT2D eigenvalue weighted by molar-refractivity contribution is -0.275. The summed E-state index contributed by atoms with van der Waals surface area (Å²) in [5.41, 5.74) is 2.80. The second kappa shape index (κ2) is 7.78. The Hall–Kier alpha value is -3.01. The molecule has 1 heterocycles. The second-order valence-electron chi connectivity index (χ2n) is 6.39. The van der Waals surface area contributed by atoms with Crippen LogP contribution in [0.3, 0.4) is 0 Å². The minimum absolute atomic E-state index is 0.214. The molecule has 0 aliphatic heterocycles. The first-order valence-electron chi connectivity index (χ1n) is 8.51. The summed E-state index contributed by atoms with van der Waals surface area (Å²) in [6.45, 7) is 4.20. The van der Waals surface area contributed by atoms with E-state index in [1.807, 2.05) is 19.9 Å². The second-order valence-corrected chi connectivity index (χ2v) is 8.04. The van der Waals surface area contributed by atoms with Gasteiger partial charge in [-0.2, -0.15) is 5.10 Å². The average Bonchev–Trinajstić information content (AvgIpc) is 2.91. The number of nitrogens with one attached hydrogen (secondary N) is 1. The fourth-order valence-electron chi connectivity index (χ4n) is 2.83. The third kappa shape index (κ3) is 5.29. The largest absolute Gasteiger partial charge is 0.573 e. The summed E-state index contributed by atoms with van der Waals surface area (Å²) in [6, 6.07) is 13.0. The summed E-state index contributed by atoms with van der Waals surface area (Å²) < 4.78 is 71.0. The molecule has 0 aliphatic rings. The van der Waals surface area contributed by atoms with Crippen molar-refractivity contribution in [1.82, 2.24) is 9.78 Å². The third-order valence-corrected chi connectivity index (χ3v) is 5.40. The van der Waals surface area contributed by atoms with Gasteiger partial charge < -0.3 is 4.74 Å². The number of hydrogen-bond donors (Lipinski definition) is 1. The molecule has 1 aromatic heterocycles. The molecule has 154 valence electrons. The Labute approximate surface area is 166 Å². The molecule has 6 nitrogen and oxygen atoms in total. The third-order valence-electron chi connectivity index (χ3n) is 3.98. The van der Waals surface area contributed by atoms with Crippen LogP contribution >= 0.6 is 0 Å². The molecule has 0 amide bonds. The van der Waals surface area contributed by atoms with E-state index in [2.05, 4.69) is 14.6 Å². The van der Waals surface area contributed by atoms with Gasteiger partial charge in [0.25, 0.3) is 10.0 Å². The van der Waals surface area contributed by atoms with E-state index in [9.17, 15) is 21.6 Å². The molecule has 10 heteroatoms. The van der Waals surface area contributed by atoms with Gasteiger partial charge in [0.1, 0.15) is 10.6 Å². The van der Waals surface area contributed by atoms with E-state index in [4.69, 9.17) is 0 Å². The fourth-order valence-corrected chi connectivity index (χ4v) is 4.01. The first-order chi connectivity index (χ1) is 13.5. The monoisotopic (exact) mass is 425 g/mol. The molecular weight excluding hydrogens is 407 g/mol. The molecule has 0 saturated carbocycles. The van der Waals surface area contributed by atoms with Gasteiger partial charge in [0.05, 0.1) is 12.2 Å². The Morgan fingerprint density at radius 2 is 1.79 bits per heavy atom. The number of sulfonamides is 1. The molecule has 0 atom stereocenters. The van der Waals surface area contributed by atoms with Crippen LogP contribution in [0.2, 0.25) is 0 Å². The molecule has 0 unspecified atom stereocenters. The van der Waals surface area contributed by atoms with Gasteiger partial charge in [-0.1, -0.05) is 24.3 Å². The zero-order chi connectivity index (χ0) is 21.2. The lowest BCUT2D eigenvalue weighted by Crippen LogP contribution is -2.21. The van der Waals surface area contributed by atoms with Crippen LogP contribution < -0.4 is 9.46 Å². The first kappa shape index (κ1) is 20.7. The van der Waals surface area contributed by atoms with Crippen molar-refractivity contribution in [1.29, 1.82) is 0 Å². The number of rotatable bonds is 6. The van der Waals surface area contributed by atoms with E-state index in [-0.39, 0.29) is 5.69 Å². The van der Waals surface area contributed by atoms with Crippen molar-refractivity contribution in [2.45, 2.75) is 31.7 Å². The van der Waals surface area contributed by atoms with Gasteiger partial charge in [-0.25, -0.2) is 8.42 Å². The minimum Gasteiger partial charge on any atom is -0.404 e. The molecule has 0 bridgehead atoms. The Bertz CT molecular complexity index is 1120. The maximum absolute atomic E-state index is 12.7. The number of anilines is 1. The Kier molecular flexibility index (Phi) is 5.56. The summed E-state index contributed by atoms with van der Waals surface area (Å²) in [6.07, 6.45) is -5.01. The topological polar surface area (TPSA) is 73.2 Å². The maximum atomic E-state index is 12.7. The number of ether oxygens (including phenoxy) is 1. The van der Waals surface area contributed by atoms with E-state index in [0.717, 1.165) is 29.1 Å². The quantitative estimate of drug-likeness (QED) is 0.641. The van der Waals surface area contributed by atoms with Crippen LogP contribution in [0.1, 0.15) is 17.0 Å². The highest BCUT2D eigenvalue weighted by atomic mass is 32.2. The highest BCUT2D eigenvalue weighted by molar-refractivity contribution is 7.92. The SMILES string of the molecule is Cc1cc(C)n(Cc2cccc(NS(=O)(=O)c3ccccc3OC(F)(F)F)c2)n1. The molecule has 0 saturated heterocycles. The number of aromatic nitrogens is 2. The van der Waals surface area contributed by atoms with Gasteiger partial charge in [0.15, 0.2) is 0 Å². The van der Waals surface area contributed by atoms with Crippen LogP contribution in [0.15, 0.2) is 59.5 Å². The van der Waals surface area contributed by atoms with E-state index in [1.54, 1.807) is 22.9 Å². The number of aryl methyl sites for hydroxylation is 2. The van der Waals surface area contributed by atoms with Crippen LogP contribution in [-0.2, 0) is 16.6 Å². The van der Waals surface area contributed by atoms with E-state index >= 15 is 0 Å². The lowest BCUT2D eigenvalue weighted by atomic mass is 10.2. The number of para-hydroxylation sites is 1. The number of benzene rings is 2. The Balaban J connectivity index is 1.86. The standard InChI is InChI=1S/C19H18F3N3O3S/c1-13-10-14(2)25(23-13)12-15-6-5-7-16(11-15)24-29(26,27)18-9-4-3-8-17(18)28-19(20,21)22/h3-11,24H,12H2,1-2H3. The predicted octanol–water partition coefficient (Wildman–Crippen LogP) is 4.25. The molecule has 3 aromatic rings. The van der Waals surface area contributed by atoms with Gasteiger partial charge in [0.2, 0.25) is 0 Å². The maximum Gasteiger partial charge on any atom is 0.573 e. The van der Waals surface area contributed by atoms with Crippen LogP contribution in [0.4, 0.5) is 18.9 Å². The van der Waals surface area contributed by atoms with Gasteiger partial charge in [0, 0.05) is 11.4 Å². The van der Waals surface area contributed by atoms with Crippen LogP contribution in [0.25, 0.3) is 0 Å². The summed E-state index contributed by atoms with van der Waals surface area (Å²) in [7, 11) is -4.31. The van der Waals surface area contributed by atoms with E-state index in [0.29, 0.717) is 6.54 Å². The van der Waals surface area contributed by atoms with Crippen molar-refractivity contribution in [3.05, 3.63) is 71.5 Å². The zero-order valence-corrected chi connectivity index (χ0v) is 16.4. The predicted molar refractivity (Wildman–Crippen MR) is 101 cm³/mol. The lowest BCUT2D eigenvalue weighted by Gasteiger charge is -2.15. The molecule has 3 rings (SSSR count). The number of alkyl halides is 3. The van der Waals surface area contributed by atoms with Gasteiger partial charge >= 0.3 is 6.36 Å². The molecule has 0 aliphatic carbocycles. The minimum atomic E-state index is -5.01. The number of hydrogen-bond acceptors (Lipinski definition) is 4. The van der Waals surface area contributed by atoms with Crippen LogP contribution in [0, 0.1) is 13.8 Å². The summed E-state index contributed by atoms with van der Waals surface area (Å²) in [4.78, 5) is -0.610. The zero-order valence-electron chi connectivity index (χ0n) is 15.6. The highest BCUT2D eigenvalue weighted by Crippen LogP contribution is 2.30. The highest BCUT2D eigenvalue weighted by Gasteiger charge is 2.34. The Morgan fingerprint density at radius 1 is 1.07 bits per heavy atom. The fraction of sp³-hybridized carbons (Fsp3) is 0.211. The molecule has 0 spiro atoms. The van der Waals surface area contributed by atoms with Crippen molar-refractivity contribution in [3.63, 3.8) is 0 Å². The van der Waals surface area contributed by atoms with Crippen molar-refractivity contribution < 1.29 is 26.3 Å². The molecule has 0 radical (unpaired) electrons.